The highest BCUT2D eigenvalue weighted by Gasteiger charge is 2.41. The highest BCUT2D eigenvalue weighted by Crippen LogP contribution is 2.34. The van der Waals surface area contributed by atoms with Crippen LogP contribution in [0.2, 0.25) is 5.02 Å². The lowest BCUT2D eigenvalue weighted by Crippen LogP contribution is -2.49. The number of amides is 1. The van der Waals surface area contributed by atoms with E-state index in [2.05, 4.69) is 10.6 Å². The fourth-order valence-electron chi connectivity index (χ4n) is 4.61. The van der Waals surface area contributed by atoms with Gasteiger partial charge in [0.05, 0.1) is 22.8 Å². The van der Waals surface area contributed by atoms with Crippen LogP contribution < -0.4 is 10.6 Å². The molecule has 1 aliphatic carbocycles. The standard InChI is InChI=1S/C25H27ClFN3O3S/c1-25(12-13-34(32,33)15-25)30-24(31)16-6-11-20(23(28)19-4-2-3-5-21(19)26)22(14-16)29-18-9-7-17(27)8-10-18/h2-5,7-10,16,28-29H,6,11-15H2,1H3,(H,30,31)/t16-,25+/m1/s1. The molecule has 4 rings (SSSR count). The molecule has 2 atom stereocenters. The number of halogens is 2. The van der Waals surface area contributed by atoms with Crippen molar-refractivity contribution in [3.05, 3.63) is 76.2 Å². The van der Waals surface area contributed by atoms with Crippen molar-refractivity contribution in [1.29, 1.82) is 5.41 Å². The van der Waals surface area contributed by atoms with Gasteiger partial charge in [-0.05, 0) is 68.5 Å². The Morgan fingerprint density at radius 1 is 1.18 bits per heavy atom. The molecular weight excluding hydrogens is 477 g/mol. The third kappa shape index (κ3) is 5.50. The summed E-state index contributed by atoms with van der Waals surface area (Å²) in [5, 5.41) is 15.5. The van der Waals surface area contributed by atoms with Gasteiger partial charge in [0.2, 0.25) is 5.91 Å². The van der Waals surface area contributed by atoms with Crippen molar-refractivity contribution >= 4 is 38.7 Å². The summed E-state index contributed by atoms with van der Waals surface area (Å²) in [6.07, 6.45) is 1.73. The molecule has 0 aromatic heterocycles. The minimum Gasteiger partial charge on any atom is -0.359 e. The molecule has 1 fully saturated rings. The van der Waals surface area contributed by atoms with Gasteiger partial charge in [-0.2, -0.15) is 0 Å². The molecule has 2 aromatic carbocycles. The highest BCUT2D eigenvalue weighted by atomic mass is 35.5. The number of hydrogen-bond donors (Lipinski definition) is 3. The second kappa shape index (κ2) is 9.50. The molecule has 0 saturated carbocycles. The number of hydrogen-bond acceptors (Lipinski definition) is 5. The molecule has 1 amide bonds. The zero-order valence-electron chi connectivity index (χ0n) is 18.8. The van der Waals surface area contributed by atoms with Crippen LogP contribution >= 0.6 is 11.6 Å². The van der Waals surface area contributed by atoms with Crippen molar-refractivity contribution in [2.24, 2.45) is 5.92 Å². The van der Waals surface area contributed by atoms with Crippen LogP contribution in [0.5, 0.6) is 0 Å². The summed E-state index contributed by atoms with van der Waals surface area (Å²) in [6, 6.07) is 13.0. The van der Waals surface area contributed by atoms with Crippen molar-refractivity contribution in [2.75, 3.05) is 16.8 Å². The number of carbonyl (C=O) groups is 1. The predicted molar refractivity (Wildman–Crippen MR) is 132 cm³/mol. The monoisotopic (exact) mass is 503 g/mol. The highest BCUT2D eigenvalue weighted by molar-refractivity contribution is 7.91. The molecule has 1 heterocycles. The zero-order chi connectivity index (χ0) is 24.5. The van der Waals surface area contributed by atoms with Crippen LogP contribution in [0.3, 0.4) is 0 Å². The summed E-state index contributed by atoms with van der Waals surface area (Å²) in [6.45, 7) is 1.77. The van der Waals surface area contributed by atoms with E-state index in [1.165, 1.54) is 12.1 Å². The van der Waals surface area contributed by atoms with Gasteiger partial charge in [-0.3, -0.25) is 10.2 Å². The van der Waals surface area contributed by atoms with Crippen LogP contribution in [-0.4, -0.2) is 37.1 Å². The van der Waals surface area contributed by atoms with Crippen LogP contribution in [0.15, 0.2) is 59.8 Å². The summed E-state index contributed by atoms with van der Waals surface area (Å²) in [5.41, 5.74) is 2.21. The molecule has 0 spiro atoms. The van der Waals surface area contributed by atoms with E-state index in [1.54, 1.807) is 37.3 Å². The Kier molecular flexibility index (Phi) is 6.82. The van der Waals surface area contributed by atoms with E-state index in [0.29, 0.717) is 47.7 Å². The van der Waals surface area contributed by atoms with Crippen LogP contribution in [-0.2, 0) is 14.6 Å². The third-order valence-electron chi connectivity index (χ3n) is 6.44. The maximum atomic E-state index is 13.4. The largest absolute Gasteiger partial charge is 0.359 e. The van der Waals surface area contributed by atoms with Crippen LogP contribution in [0.25, 0.3) is 0 Å². The maximum absolute atomic E-state index is 13.4. The van der Waals surface area contributed by atoms with Crippen molar-refractivity contribution in [1.82, 2.24) is 5.32 Å². The van der Waals surface area contributed by atoms with E-state index in [-0.39, 0.29) is 34.9 Å². The Labute approximate surface area is 204 Å². The van der Waals surface area contributed by atoms with E-state index in [0.717, 1.165) is 5.57 Å². The fraction of sp³-hybridized carbons (Fsp3) is 0.360. The lowest BCUT2D eigenvalue weighted by atomic mass is 9.82. The number of benzene rings is 2. The summed E-state index contributed by atoms with van der Waals surface area (Å²) in [7, 11) is -3.15. The van der Waals surface area contributed by atoms with Crippen molar-refractivity contribution in [2.45, 2.75) is 38.1 Å². The molecule has 1 saturated heterocycles. The zero-order valence-corrected chi connectivity index (χ0v) is 20.4. The maximum Gasteiger partial charge on any atom is 0.223 e. The SMILES string of the molecule is C[C@]1(NC(=O)[C@@H]2CCC(C(=N)c3ccccc3Cl)=C(Nc3ccc(F)cc3)C2)CCS(=O)(=O)C1. The smallest absolute Gasteiger partial charge is 0.223 e. The first-order valence-electron chi connectivity index (χ1n) is 11.2. The van der Waals surface area contributed by atoms with Crippen molar-refractivity contribution in [3.63, 3.8) is 0 Å². The normalized spacial score (nSPS) is 24.0. The molecule has 0 radical (unpaired) electrons. The molecule has 0 bridgehead atoms. The summed E-state index contributed by atoms with van der Waals surface area (Å²) >= 11 is 6.34. The van der Waals surface area contributed by atoms with Gasteiger partial charge in [0.25, 0.3) is 0 Å². The van der Waals surface area contributed by atoms with Crippen LogP contribution in [0.1, 0.15) is 38.2 Å². The average Bonchev–Trinajstić information content (AvgIpc) is 3.07. The van der Waals surface area contributed by atoms with E-state index in [4.69, 9.17) is 17.0 Å². The lowest BCUT2D eigenvalue weighted by molar-refractivity contribution is -0.126. The molecule has 180 valence electrons. The van der Waals surface area contributed by atoms with Gasteiger partial charge < -0.3 is 10.6 Å². The van der Waals surface area contributed by atoms with Crippen LogP contribution in [0, 0.1) is 17.1 Å². The Morgan fingerprint density at radius 3 is 2.53 bits per heavy atom. The molecule has 2 aliphatic rings. The van der Waals surface area contributed by atoms with E-state index < -0.39 is 15.4 Å². The first-order valence-corrected chi connectivity index (χ1v) is 13.4. The molecule has 0 unspecified atom stereocenters. The van der Waals surface area contributed by atoms with E-state index in [9.17, 15) is 17.6 Å². The Bertz CT molecular complexity index is 1260. The number of allylic oxidation sites excluding steroid dienone is 2. The molecule has 9 heteroatoms. The number of sulfone groups is 1. The average molecular weight is 504 g/mol. The van der Waals surface area contributed by atoms with Gasteiger partial charge in [0.1, 0.15) is 5.82 Å². The minimum absolute atomic E-state index is 0.0581. The number of rotatable bonds is 6. The van der Waals surface area contributed by atoms with E-state index in [1.807, 2.05) is 6.07 Å². The fourth-order valence-corrected chi connectivity index (χ4v) is 6.93. The topological polar surface area (TPSA) is 99.1 Å². The summed E-state index contributed by atoms with van der Waals surface area (Å²) in [4.78, 5) is 13.1. The molecule has 2 aromatic rings. The second-order valence-corrected chi connectivity index (χ2v) is 11.9. The number of nitrogens with one attached hydrogen (secondary N) is 3. The van der Waals surface area contributed by atoms with Crippen molar-refractivity contribution < 1.29 is 17.6 Å². The third-order valence-corrected chi connectivity index (χ3v) is 8.67. The van der Waals surface area contributed by atoms with Gasteiger partial charge in [-0.15, -0.1) is 0 Å². The molecule has 6 nitrogen and oxygen atoms in total. The number of carbonyl (C=O) groups excluding carboxylic acids is 1. The minimum atomic E-state index is -3.15. The van der Waals surface area contributed by atoms with Gasteiger partial charge in [-0.25, -0.2) is 12.8 Å². The van der Waals surface area contributed by atoms with E-state index >= 15 is 0 Å². The van der Waals surface area contributed by atoms with Gasteiger partial charge in [-0.1, -0.05) is 29.8 Å². The molecular formula is C25H27ClFN3O3S. The quantitative estimate of drug-likeness (QED) is 0.497. The Morgan fingerprint density at radius 2 is 1.88 bits per heavy atom. The Hall–Kier alpha value is -2.71. The van der Waals surface area contributed by atoms with Gasteiger partial charge in [0, 0.05) is 27.9 Å². The predicted octanol–water partition coefficient (Wildman–Crippen LogP) is 4.71. The molecule has 1 aliphatic heterocycles. The first-order chi connectivity index (χ1) is 16.1. The molecule has 3 N–H and O–H groups in total. The number of anilines is 1. The first kappa shape index (κ1) is 24.4. The van der Waals surface area contributed by atoms with Crippen LogP contribution in [0.4, 0.5) is 10.1 Å². The summed E-state index contributed by atoms with van der Waals surface area (Å²) < 4.78 is 37.3. The van der Waals surface area contributed by atoms with Gasteiger partial charge in [0.15, 0.2) is 9.84 Å². The summed E-state index contributed by atoms with van der Waals surface area (Å²) in [5.74, 6) is -0.918. The Balaban J connectivity index is 1.60. The second-order valence-electron chi connectivity index (χ2n) is 9.28. The lowest BCUT2D eigenvalue weighted by Gasteiger charge is -2.31. The van der Waals surface area contributed by atoms with Crippen molar-refractivity contribution in [3.8, 4) is 0 Å². The van der Waals surface area contributed by atoms with Gasteiger partial charge >= 0.3 is 0 Å². The molecule has 34 heavy (non-hydrogen) atoms.